The molecule has 2 aromatic rings. The number of ether oxygens (including phenoxy) is 2. The molecule has 0 aliphatic heterocycles. The molecule has 2 aromatic carbocycles. The van der Waals surface area contributed by atoms with Gasteiger partial charge in [0.05, 0.1) is 20.8 Å². The Balaban J connectivity index is 2.69. The van der Waals surface area contributed by atoms with Crippen LogP contribution < -0.4 is 15.4 Å². The molecule has 0 atom stereocenters. The maximum absolute atomic E-state index is 5.42. The van der Waals surface area contributed by atoms with Crippen LogP contribution in [0.3, 0.4) is 0 Å². The van der Waals surface area contributed by atoms with E-state index in [1.807, 2.05) is 30.3 Å². The van der Waals surface area contributed by atoms with Crippen molar-refractivity contribution in [3.05, 3.63) is 35.9 Å². The SMILES string of the molecule is COc1cccc2c(OC)c(CON)ccc12. The van der Waals surface area contributed by atoms with Gasteiger partial charge in [-0.05, 0) is 6.07 Å². The molecule has 4 nitrogen and oxygen atoms in total. The van der Waals surface area contributed by atoms with Crippen molar-refractivity contribution in [2.24, 2.45) is 5.90 Å². The Morgan fingerprint density at radius 3 is 2.47 bits per heavy atom. The third kappa shape index (κ3) is 2.05. The number of nitrogens with two attached hydrogens (primary N) is 1. The Morgan fingerprint density at radius 2 is 1.82 bits per heavy atom. The fraction of sp³-hybridized carbons (Fsp3) is 0.231. The Hall–Kier alpha value is -1.78. The van der Waals surface area contributed by atoms with E-state index in [0.717, 1.165) is 27.8 Å². The van der Waals surface area contributed by atoms with Gasteiger partial charge < -0.3 is 9.47 Å². The van der Waals surface area contributed by atoms with E-state index >= 15 is 0 Å². The van der Waals surface area contributed by atoms with Gasteiger partial charge in [0.1, 0.15) is 11.5 Å². The van der Waals surface area contributed by atoms with Gasteiger partial charge in [-0.3, -0.25) is 4.84 Å². The lowest BCUT2D eigenvalue weighted by atomic mass is 10.0. The number of fused-ring (bicyclic) bond motifs is 1. The summed E-state index contributed by atoms with van der Waals surface area (Å²) >= 11 is 0. The van der Waals surface area contributed by atoms with Crippen molar-refractivity contribution < 1.29 is 14.3 Å². The largest absolute Gasteiger partial charge is 0.496 e. The van der Waals surface area contributed by atoms with Gasteiger partial charge in [0, 0.05) is 16.3 Å². The maximum Gasteiger partial charge on any atom is 0.132 e. The van der Waals surface area contributed by atoms with E-state index in [2.05, 4.69) is 4.84 Å². The lowest BCUT2D eigenvalue weighted by molar-refractivity contribution is 0.122. The Kier molecular flexibility index (Phi) is 3.46. The van der Waals surface area contributed by atoms with Crippen LogP contribution in [0.5, 0.6) is 11.5 Å². The Labute approximate surface area is 99.8 Å². The number of hydrogen-bond donors (Lipinski definition) is 1. The zero-order valence-electron chi connectivity index (χ0n) is 9.90. The van der Waals surface area contributed by atoms with Crippen LogP contribution >= 0.6 is 0 Å². The van der Waals surface area contributed by atoms with E-state index in [9.17, 15) is 0 Å². The lowest BCUT2D eigenvalue weighted by Crippen LogP contribution is -2.01. The van der Waals surface area contributed by atoms with Crippen molar-refractivity contribution in [3.63, 3.8) is 0 Å². The molecule has 0 saturated heterocycles. The van der Waals surface area contributed by atoms with Gasteiger partial charge in [0.25, 0.3) is 0 Å². The van der Waals surface area contributed by atoms with E-state index < -0.39 is 0 Å². The highest BCUT2D eigenvalue weighted by atomic mass is 16.6. The highest BCUT2D eigenvalue weighted by Gasteiger charge is 2.10. The molecular formula is C13H15NO3. The molecule has 0 bridgehead atoms. The quantitative estimate of drug-likeness (QED) is 0.823. The van der Waals surface area contributed by atoms with Crippen molar-refractivity contribution in [1.82, 2.24) is 0 Å². The van der Waals surface area contributed by atoms with Gasteiger partial charge in [-0.25, -0.2) is 5.90 Å². The minimum Gasteiger partial charge on any atom is -0.496 e. The number of hydrogen-bond acceptors (Lipinski definition) is 4. The molecule has 0 aliphatic carbocycles. The van der Waals surface area contributed by atoms with Gasteiger partial charge in [0.15, 0.2) is 0 Å². The van der Waals surface area contributed by atoms with Gasteiger partial charge >= 0.3 is 0 Å². The first-order valence-corrected chi connectivity index (χ1v) is 5.26. The third-order valence-electron chi connectivity index (χ3n) is 2.72. The second kappa shape index (κ2) is 5.03. The van der Waals surface area contributed by atoms with Crippen LogP contribution in [0.25, 0.3) is 10.8 Å². The molecule has 0 aromatic heterocycles. The molecule has 0 saturated carbocycles. The summed E-state index contributed by atoms with van der Waals surface area (Å²) in [6, 6.07) is 9.73. The second-order valence-electron chi connectivity index (χ2n) is 3.62. The number of rotatable bonds is 4. The summed E-state index contributed by atoms with van der Waals surface area (Å²) in [6.07, 6.45) is 0. The molecule has 0 radical (unpaired) electrons. The van der Waals surface area contributed by atoms with Crippen LogP contribution in [0.15, 0.2) is 30.3 Å². The molecular weight excluding hydrogens is 218 g/mol. The summed E-state index contributed by atoms with van der Waals surface area (Å²) in [7, 11) is 3.28. The second-order valence-corrected chi connectivity index (χ2v) is 3.62. The van der Waals surface area contributed by atoms with E-state index in [1.165, 1.54) is 0 Å². The highest BCUT2D eigenvalue weighted by molar-refractivity contribution is 5.94. The average Bonchev–Trinajstić information content (AvgIpc) is 2.38. The van der Waals surface area contributed by atoms with Crippen LogP contribution in [0, 0.1) is 0 Å². The first-order valence-electron chi connectivity index (χ1n) is 5.26. The summed E-state index contributed by atoms with van der Waals surface area (Å²) in [5, 5.41) is 1.99. The predicted octanol–water partition coefficient (Wildman–Crippen LogP) is 2.25. The van der Waals surface area contributed by atoms with Crippen molar-refractivity contribution >= 4 is 10.8 Å². The summed E-state index contributed by atoms with van der Waals surface area (Å²) in [5.74, 6) is 6.69. The Morgan fingerprint density at radius 1 is 1.00 bits per heavy atom. The zero-order chi connectivity index (χ0) is 12.3. The Bertz CT molecular complexity index is 525. The van der Waals surface area contributed by atoms with Crippen LogP contribution in [-0.4, -0.2) is 14.2 Å². The average molecular weight is 233 g/mol. The standard InChI is InChI=1S/C13H15NO3/c1-15-12-5-3-4-11-10(12)7-6-9(8-17-14)13(11)16-2/h3-7H,8,14H2,1-2H3. The van der Waals surface area contributed by atoms with E-state index in [4.69, 9.17) is 15.4 Å². The van der Waals surface area contributed by atoms with Crippen LogP contribution in [-0.2, 0) is 11.4 Å². The molecule has 90 valence electrons. The van der Waals surface area contributed by atoms with Crippen molar-refractivity contribution in [2.45, 2.75) is 6.61 Å². The molecule has 2 rings (SSSR count). The monoisotopic (exact) mass is 233 g/mol. The zero-order valence-corrected chi connectivity index (χ0v) is 9.90. The van der Waals surface area contributed by atoms with Gasteiger partial charge in [-0.2, -0.15) is 0 Å². The number of benzene rings is 2. The number of methoxy groups -OCH3 is 2. The smallest absolute Gasteiger partial charge is 0.132 e. The van der Waals surface area contributed by atoms with Crippen molar-refractivity contribution in [3.8, 4) is 11.5 Å². The molecule has 0 spiro atoms. The normalized spacial score (nSPS) is 10.5. The summed E-state index contributed by atoms with van der Waals surface area (Å²) in [6.45, 7) is 0.316. The molecule has 0 aliphatic rings. The highest BCUT2D eigenvalue weighted by Crippen LogP contribution is 2.34. The lowest BCUT2D eigenvalue weighted by Gasteiger charge is -2.12. The van der Waals surface area contributed by atoms with Crippen LogP contribution in [0.2, 0.25) is 0 Å². The van der Waals surface area contributed by atoms with Gasteiger partial charge in [-0.15, -0.1) is 0 Å². The molecule has 4 heteroatoms. The van der Waals surface area contributed by atoms with Crippen molar-refractivity contribution in [1.29, 1.82) is 0 Å². The maximum atomic E-state index is 5.42. The van der Waals surface area contributed by atoms with Crippen LogP contribution in [0.4, 0.5) is 0 Å². The van der Waals surface area contributed by atoms with Gasteiger partial charge in [0.2, 0.25) is 0 Å². The molecule has 0 fully saturated rings. The third-order valence-corrected chi connectivity index (χ3v) is 2.72. The molecule has 2 N–H and O–H groups in total. The van der Waals surface area contributed by atoms with Crippen molar-refractivity contribution in [2.75, 3.05) is 14.2 Å². The van der Waals surface area contributed by atoms with E-state index in [-0.39, 0.29) is 0 Å². The molecule has 17 heavy (non-hydrogen) atoms. The van der Waals surface area contributed by atoms with E-state index in [0.29, 0.717) is 6.61 Å². The van der Waals surface area contributed by atoms with Gasteiger partial charge in [-0.1, -0.05) is 24.3 Å². The minimum absolute atomic E-state index is 0.316. The fourth-order valence-electron chi connectivity index (χ4n) is 1.97. The van der Waals surface area contributed by atoms with E-state index in [1.54, 1.807) is 14.2 Å². The minimum atomic E-state index is 0.316. The summed E-state index contributed by atoms with van der Waals surface area (Å²) in [4.78, 5) is 4.66. The summed E-state index contributed by atoms with van der Waals surface area (Å²) in [5.41, 5.74) is 0.913. The first kappa shape index (κ1) is 11.7. The van der Waals surface area contributed by atoms with Crippen LogP contribution in [0.1, 0.15) is 5.56 Å². The fourth-order valence-corrected chi connectivity index (χ4v) is 1.97. The molecule has 0 heterocycles. The first-order chi connectivity index (χ1) is 8.31. The molecule has 0 unspecified atom stereocenters. The summed E-state index contributed by atoms with van der Waals surface area (Å²) < 4.78 is 10.7. The topological polar surface area (TPSA) is 53.7 Å². The predicted molar refractivity (Wildman–Crippen MR) is 66.0 cm³/mol. The molecule has 0 amide bonds.